The summed E-state index contributed by atoms with van der Waals surface area (Å²) in [5.41, 5.74) is 4.17. The number of carboxylic acid groups (broad SMARTS) is 1. The summed E-state index contributed by atoms with van der Waals surface area (Å²) in [5.74, 6) is -0.499. The van der Waals surface area contributed by atoms with E-state index in [0.717, 1.165) is 31.9 Å². The lowest BCUT2D eigenvalue weighted by molar-refractivity contribution is -0.136. The minimum atomic E-state index is -0.838. The molecule has 0 fully saturated rings. The molecule has 0 unspecified atom stereocenters. The molecule has 172 valence electrons. The third-order valence-electron chi connectivity index (χ3n) is 5.18. The molecule has 0 radical (unpaired) electrons. The fourth-order valence-electron chi connectivity index (χ4n) is 3.38. The average Bonchev–Trinajstić information content (AvgIpc) is 3.30. The monoisotopic (exact) mass is 473 g/mol. The van der Waals surface area contributed by atoms with Crippen molar-refractivity contribution in [3.8, 4) is 5.75 Å². The maximum absolute atomic E-state index is 11.5. The summed E-state index contributed by atoms with van der Waals surface area (Å²) in [6, 6.07) is 22.6. The van der Waals surface area contributed by atoms with Gasteiger partial charge in [0.2, 0.25) is 0 Å². The van der Waals surface area contributed by atoms with Crippen LogP contribution >= 0.6 is 11.3 Å². The van der Waals surface area contributed by atoms with Gasteiger partial charge in [0.25, 0.3) is 0 Å². The van der Waals surface area contributed by atoms with Crippen LogP contribution in [0.3, 0.4) is 0 Å². The summed E-state index contributed by atoms with van der Waals surface area (Å²) in [5, 5.41) is 10.0. The average molecular weight is 474 g/mol. The molecule has 6 nitrogen and oxygen atoms in total. The number of aliphatic carboxylic acids is 1. The number of carboxylic acids is 1. The Labute approximate surface area is 201 Å². The Kier molecular flexibility index (Phi) is 7.34. The molecule has 1 heterocycles. The van der Waals surface area contributed by atoms with Crippen LogP contribution in [-0.2, 0) is 16.1 Å². The Hall–Kier alpha value is -3.97. The largest absolute Gasteiger partial charge is 0.489 e. The highest BCUT2D eigenvalue weighted by atomic mass is 32.1. The van der Waals surface area contributed by atoms with Crippen LogP contribution in [0.5, 0.6) is 5.75 Å². The lowest BCUT2D eigenvalue weighted by atomic mass is 10.1. The first-order valence-corrected chi connectivity index (χ1v) is 11.5. The minimum Gasteiger partial charge on any atom is -0.489 e. The molecular weight excluding hydrogens is 450 g/mol. The number of allylic oxidation sites excluding steroid dienone is 1. The minimum absolute atomic E-state index is 0.0394. The van der Waals surface area contributed by atoms with Crippen molar-refractivity contribution in [1.82, 2.24) is 4.98 Å². The van der Waals surface area contributed by atoms with E-state index in [1.54, 1.807) is 23.5 Å². The van der Waals surface area contributed by atoms with E-state index in [1.165, 1.54) is 7.11 Å². The second-order valence-electron chi connectivity index (χ2n) is 7.60. The predicted molar refractivity (Wildman–Crippen MR) is 133 cm³/mol. The number of carbonyl (C=O) groups excluding carboxylic acids is 1. The smallest absolute Gasteiger partial charge is 0.337 e. The number of hydrogen-bond donors (Lipinski definition) is 1. The van der Waals surface area contributed by atoms with Gasteiger partial charge in [-0.15, -0.1) is 11.3 Å². The van der Waals surface area contributed by atoms with Crippen molar-refractivity contribution in [2.45, 2.75) is 19.4 Å². The van der Waals surface area contributed by atoms with Gasteiger partial charge in [-0.2, -0.15) is 0 Å². The van der Waals surface area contributed by atoms with Crippen molar-refractivity contribution < 1.29 is 24.2 Å². The van der Waals surface area contributed by atoms with Crippen LogP contribution < -0.4 is 4.74 Å². The number of methoxy groups -OCH3 is 1. The van der Waals surface area contributed by atoms with E-state index < -0.39 is 5.97 Å². The van der Waals surface area contributed by atoms with Crippen LogP contribution in [0, 0.1) is 0 Å². The zero-order chi connectivity index (χ0) is 23.9. The van der Waals surface area contributed by atoms with Gasteiger partial charge in [-0.05, 0) is 65.6 Å². The second-order valence-corrected chi connectivity index (χ2v) is 8.63. The number of rotatable bonds is 9. The van der Waals surface area contributed by atoms with E-state index in [0.29, 0.717) is 24.3 Å². The maximum Gasteiger partial charge on any atom is 0.337 e. The normalized spacial score (nSPS) is 11.4. The van der Waals surface area contributed by atoms with Crippen molar-refractivity contribution >= 4 is 45.1 Å². The molecule has 0 aliphatic heterocycles. The Morgan fingerprint density at radius 1 is 0.971 bits per heavy atom. The molecule has 7 heteroatoms. The third kappa shape index (κ3) is 5.88. The first kappa shape index (κ1) is 23.2. The van der Waals surface area contributed by atoms with Gasteiger partial charge >= 0.3 is 11.9 Å². The molecule has 0 aliphatic rings. The summed E-state index contributed by atoms with van der Waals surface area (Å²) in [6.45, 7) is 0.367. The molecule has 3 aromatic carbocycles. The summed E-state index contributed by atoms with van der Waals surface area (Å²) >= 11 is 1.56. The number of ether oxygens (including phenoxy) is 2. The van der Waals surface area contributed by atoms with Gasteiger partial charge in [-0.1, -0.05) is 36.4 Å². The number of carbonyl (C=O) groups is 2. The quantitative estimate of drug-likeness (QED) is 0.297. The Morgan fingerprint density at radius 2 is 1.71 bits per heavy atom. The Balaban J connectivity index is 1.47. The van der Waals surface area contributed by atoms with E-state index in [1.807, 2.05) is 66.7 Å². The van der Waals surface area contributed by atoms with E-state index >= 15 is 0 Å². The molecule has 0 saturated heterocycles. The number of benzene rings is 3. The maximum atomic E-state index is 11.5. The van der Waals surface area contributed by atoms with Crippen molar-refractivity contribution in [2.24, 2.45) is 0 Å². The van der Waals surface area contributed by atoms with E-state index in [-0.39, 0.29) is 12.4 Å². The van der Waals surface area contributed by atoms with Crippen LogP contribution in [-0.4, -0.2) is 29.1 Å². The number of esters is 1. The van der Waals surface area contributed by atoms with Gasteiger partial charge in [0.15, 0.2) is 0 Å². The van der Waals surface area contributed by atoms with Crippen LogP contribution in [0.15, 0.2) is 72.8 Å². The van der Waals surface area contributed by atoms with Gasteiger partial charge in [0, 0.05) is 6.42 Å². The first-order valence-electron chi connectivity index (χ1n) is 10.7. The molecule has 4 rings (SSSR count). The molecule has 0 aliphatic carbocycles. The highest BCUT2D eigenvalue weighted by Gasteiger charge is 2.11. The zero-order valence-electron chi connectivity index (χ0n) is 18.6. The van der Waals surface area contributed by atoms with Crippen molar-refractivity contribution in [3.05, 3.63) is 94.5 Å². The number of hydrogen-bond acceptors (Lipinski definition) is 6. The molecule has 34 heavy (non-hydrogen) atoms. The van der Waals surface area contributed by atoms with Gasteiger partial charge in [-0.3, -0.25) is 4.79 Å². The molecule has 0 saturated carbocycles. The molecule has 0 bridgehead atoms. The molecule has 0 spiro atoms. The summed E-state index contributed by atoms with van der Waals surface area (Å²) in [6.07, 6.45) is 2.42. The SMILES string of the molecule is COC(=O)c1ccc(COc2ccc(/C=C(/CCC(=O)O)c3nc4ccccc4s3)cc2)cc1. The Bertz CT molecular complexity index is 1290. The molecule has 0 atom stereocenters. The lowest BCUT2D eigenvalue weighted by Crippen LogP contribution is -2.02. The summed E-state index contributed by atoms with van der Waals surface area (Å²) in [7, 11) is 1.35. The number of aromatic nitrogens is 1. The predicted octanol–water partition coefficient (Wildman–Crippen LogP) is 6.07. The molecule has 1 aromatic heterocycles. The summed E-state index contributed by atoms with van der Waals surface area (Å²) in [4.78, 5) is 27.4. The van der Waals surface area contributed by atoms with Crippen LogP contribution in [0.2, 0.25) is 0 Å². The van der Waals surface area contributed by atoms with Gasteiger partial charge in [0.05, 0.1) is 22.9 Å². The topological polar surface area (TPSA) is 85.7 Å². The van der Waals surface area contributed by atoms with E-state index in [2.05, 4.69) is 0 Å². The number of fused-ring (bicyclic) bond motifs is 1. The fourth-order valence-corrected chi connectivity index (χ4v) is 4.38. The van der Waals surface area contributed by atoms with E-state index in [4.69, 9.17) is 14.5 Å². The fraction of sp³-hybridized carbons (Fsp3) is 0.148. The van der Waals surface area contributed by atoms with Crippen molar-refractivity contribution in [1.29, 1.82) is 0 Å². The number of para-hydroxylation sites is 1. The van der Waals surface area contributed by atoms with Crippen molar-refractivity contribution in [2.75, 3.05) is 7.11 Å². The summed E-state index contributed by atoms with van der Waals surface area (Å²) < 4.78 is 11.6. The Morgan fingerprint density at radius 3 is 2.38 bits per heavy atom. The van der Waals surface area contributed by atoms with Gasteiger partial charge in [-0.25, -0.2) is 9.78 Å². The van der Waals surface area contributed by atoms with Crippen LogP contribution in [0.1, 0.15) is 39.3 Å². The van der Waals surface area contributed by atoms with Crippen molar-refractivity contribution in [3.63, 3.8) is 0 Å². The highest BCUT2D eigenvalue weighted by molar-refractivity contribution is 7.19. The molecular formula is C27H23NO5S. The highest BCUT2D eigenvalue weighted by Crippen LogP contribution is 2.31. The molecule has 4 aromatic rings. The number of thiazole rings is 1. The van der Waals surface area contributed by atoms with Crippen LogP contribution in [0.4, 0.5) is 0 Å². The number of nitrogens with zero attached hydrogens (tertiary/aromatic N) is 1. The third-order valence-corrected chi connectivity index (χ3v) is 6.29. The lowest BCUT2D eigenvalue weighted by Gasteiger charge is -2.08. The second kappa shape index (κ2) is 10.8. The molecule has 1 N–H and O–H groups in total. The first-order chi connectivity index (χ1) is 16.5. The van der Waals surface area contributed by atoms with Gasteiger partial charge in [0.1, 0.15) is 17.4 Å². The van der Waals surface area contributed by atoms with E-state index in [9.17, 15) is 14.7 Å². The standard InChI is InChI=1S/C27H23NO5S/c1-32-27(31)20-10-6-19(7-11-20)17-33-22-13-8-18(9-14-22)16-21(12-15-25(29)30)26-28-23-4-2-3-5-24(23)34-26/h2-11,13-14,16H,12,15,17H2,1H3,(H,29,30)/b21-16-. The molecule has 0 amide bonds. The van der Waals surface area contributed by atoms with Crippen LogP contribution in [0.25, 0.3) is 21.9 Å². The van der Waals surface area contributed by atoms with Gasteiger partial charge < -0.3 is 14.6 Å². The zero-order valence-corrected chi connectivity index (χ0v) is 19.4.